The minimum Gasteiger partial charge on any atom is -0.392 e. The van der Waals surface area contributed by atoms with Gasteiger partial charge in [0.1, 0.15) is 0 Å². The first-order valence-corrected chi connectivity index (χ1v) is 5.69. The van der Waals surface area contributed by atoms with Crippen LogP contribution in [0.4, 0.5) is 0 Å². The van der Waals surface area contributed by atoms with Crippen molar-refractivity contribution in [2.45, 2.75) is 33.3 Å². The van der Waals surface area contributed by atoms with Crippen LogP contribution in [-0.2, 0) is 4.79 Å². The van der Waals surface area contributed by atoms with Gasteiger partial charge < -0.3 is 10.0 Å². The first-order chi connectivity index (χ1) is 7.04. The molecule has 0 radical (unpaired) electrons. The summed E-state index contributed by atoms with van der Waals surface area (Å²) in [5.74, 6) is 0.130. The number of hydrogen-bond acceptors (Lipinski definition) is 3. The molecule has 4 nitrogen and oxygen atoms in total. The standard InChI is InChI=1S/C11H24N2O2/c1-5-10(14)8-12(4)9-11(15)13(6-2)7-3/h10,14H,5-9H2,1-4H3. The number of nitrogens with zero attached hydrogens (tertiary/aromatic N) is 2. The second-order valence-corrected chi connectivity index (χ2v) is 3.82. The third kappa shape index (κ3) is 5.74. The first-order valence-electron chi connectivity index (χ1n) is 5.69. The third-order valence-corrected chi connectivity index (χ3v) is 2.51. The fourth-order valence-corrected chi connectivity index (χ4v) is 1.46. The van der Waals surface area contributed by atoms with E-state index >= 15 is 0 Å². The third-order valence-electron chi connectivity index (χ3n) is 2.51. The first kappa shape index (κ1) is 14.4. The summed E-state index contributed by atoms with van der Waals surface area (Å²) in [7, 11) is 1.86. The van der Waals surface area contributed by atoms with E-state index in [1.54, 1.807) is 4.90 Å². The Hall–Kier alpha value is -0.610. The van der Waals surface area contributed by atoms with E-state index in [9.17, 15) is 9.90 Å². The molecule has 0 aromatic carbocycles. The van der Waals surface area contributed by atoms with Crippen LogP contribution in [0, 0.1) is 0 Å². The second-order valence-electron chi connectivity index (χ2n) is 3.82. The van der Waals surface area contributed by atoms with Gasteiger partial charge in [-0.05, 0) is 27.3 Å². The molecule has 0 aromatic rings. The van der Waals surface area contributed by atoms with Gasteiger partial charge in [-0.2, -0.15) is 0 Å². The van der Waals surface area contributed by atoms with Crippen molar-refractivity contribution >= 4 is 5.91 Å². The highest BCUT2D eigenvalue weighted by atomic mass is 16.3. The molecule has 0 fully saturated rings. The van der Waals surface area contributed by atoms with Crippen LogP contribution in [0.3, 0.4) is 0 Å². The Morgan fingerprint density at radius 3 is 2.20 bits per heavy atom. The van der Waals surface area contributed by atoms with E-state index in [1.807, 2.05) is 32.7 Å². The summed E-state index contributed by atoms with van der Waals surface area (Å²) < 4.78 is 0. The summed E-state index contributed by atoms with van der Waals surface area (Å²) in [5.41, 5.74) is 0. The van der Waals surface area contributed by atoms with E-state index in [0.717, 1.165) is 19.5 Å². The van der Waals surface area contributed by atoms with Crippen molar-refractivity contribution in [1.82, 2.24) is 9.80 Å². The van der Waals surface area contributed by atoms with Gasteiger partial charge in [0.2, 0.25) is 5.91 Å². The summed E-state index contributed by atoms with van der Waals surface area (Å²) in [6.07, 6.45) is 0.392. The van der Waals surface area contributed by atoms with Crippen molar-refractivity contribution in [3.05, 3.63) is 0 Å². The van der Waals surface area contributed by atoms with Gasteiger partial charge in [0, 0.05) is 19.6 Å². The molecule has 0 heterocycles. The number of aliphatic hydroxyl groups excluding tert-OH is 1. The molecule has 0 aliphatic heterocycles. The smallest absolute Gasteiger partial charge is 0.236 e. The quantitative estimate of drug-likeness (QED) is 0.676. The molecule has 1 amide bonds. The van der Waals surface area contributed by atoms with E-state index < -0.39 is 0 Å². The van der Waals surface area contributed by atoms with Crippen molar-refractivity contribution in [1.29, 1.82) is 0 Å². The number of amides is 1. The fraction of sp³-hybridized carbons (Fsp3) is 0.909. The molecule has 0 spiro atoms. The van der Waals surface area contributed by atoms with Crippen molar-refractivity contribution in [2.24, 2.45) is 0 Å². The predicted octanol–water partition coefficient (Wildman–Crippen LogP) is 0.557. The van der Waals surface area contributed by atoms with Gasteiger partial charge in [-0.15, -0.1) is 0 Å². The summed E-state index contributed by atoms with van der Waals surface area (Å²) in [6.45, 7) is 8.33. The van der Waals surface area contributed by atoms with Gasteiger partial charge in [-0.1, -0.05) is 6.92 Å². The summed E-state index contributed by atoms with van der Waals surface area (Å²) in [5, 5.41) is 9.43. The zero-order chi connectivity index (χ0) is 11.8. The zero-order valence-corrected chi connectivity index (χ0v) is 10.4. The lowest BCUT2D eigenvalue weighted by Crippen LogP contribution is -2.41. The van der Waals surface area contributed by atoms with E-state index in [4.69, 9.17) is 0 Å². The van der Waals surface area contributed by atoms with E-state index in [1.165, 1.54) is 0 Å². The molecule has 0 saturated carbocycles. The molecule has 0 bridgehead atoms. The Kier molecular flexibility index (Phi) is 7.34. The Bertz CT molecular complexity index is 181. The highest BCUT2D eigenvalue weighted by Crippen LogP contribution is 1.96. The van der Waals surface area contributed by atoms with Gasteiger partial charge in [-0.25, -0.2) is 0 Å². The van der Waals surface area contributed by atoms with E-state index in [0.29, 0.717) is 13.1 Å². The SMILES string of the molecule is CCC(O)CN(C)CC(=O)N(CC)CC. The second kappa shape index (κ2) is 7.65. The average Bonchev–Trinajstić information content (AvgIpc) is 2.19. The van der Waals surface area contributed by atoms with Gasteiger partial charge in [0.25, 0.3) is 0 Å². The van der Waals surface area contributed by atoms with Crippen LogP contribution in [0.25, 0.3) is 0 Å². The molecule has 15 heavy (non-hydrogen) atoms. The molecular formula is C11H24N2O2. The van der Waals surface area contributed by atoms with Crippen molar-refractivity contribution < 1.29 is 9.90 Å². The van der Waals surface area contributed by atoms with Crippen molar-refractivity contribution in [2.75, 3.05) is 33.2 Å². The zero-order valence-electron chi connectivity index (χ0n) is 10.4. The van der Waals surface area contributed by atoms with Gasteiger partial charge in [0.15, 0.2) is 0 Å². The van der Waals surface area contributed by atoms with Crippen molar-refractivity contribution in [3.63, 3.8) is 0 Å². The lowest BCUT2D eigenvalue weighted by molar-refractivity contribution is -0.131. The molecule has 0 saturated heterocycles. The van der Waals surface area contributed by atoms with Crippen LogP contribution < -0.4 is 0 Å². The number of carbonyl (C=O) groups is 1. The highest BCUT2D eigenvalue weighted by Gasteiger charge is 2.13. The Morgan fingerprint density at radius 2 is 1.80 bits per heavy atom. The maximum atomic E-state index is 11.7. The average molecular weight is 216 g/mol. The highest BCUT2D eigenvalue weighted by molar-refractivity contribution is 5.78. The Morgan fingerprint density at radius 1 is 1.27 bits per heavy atom. The topological polar surface area (TPSA) is 43.8 Å². The number of hydrogen-bond donors (Lipinski definition) is 1. The molecule has 4 heteroatoms. The molecule has 0 aliphatic rings. The van der Waals surface area contributed by atoms with Gasteiger partial charge in [-0.3, -0.25) is 9.69 Å². The minimum atomic E-state index is -0.334. The summed E-state index contributed by atoms with van der Waals surface area (Å²) in [6, 6.07) is 0. The van der Waals surface area contributed by atoms with E-state index in [2.05, 4.69) is 0 Å². The predicted molar refractivity (Wildman–Crippen MR) is 61.7 cm³/mol. The maximum Gasteiger partial charge on any atom is 0.236 e. The lowest BCUT2D eigenvalue weighted by Gasteiger charge is -2.24. The minimum absolute atomic E-state index is 0.130. The Labute approximate surface area is 92.9 Å². The molecular weight excluding hydrogens is 192 g/mol. The largest absolute Gasteiger partial charge is 0.392 e. The van der Waals surface area contributed by atoms with Crippen LogP contribution in [0.5, 0.6) is 0 Å². The lowest BCUT2D eigenvalue weighted by atomic mass is 10.2. The molecule has 90 valence electrons. The monoisotopic (exact) mass is 216 g/mol. The molecule has 0 aromatic heterocycles. The molecule has 1 atom stereocenters. The van der Waals surface area contributed by atoms with Crippen LogP contribution in [-0.4, -0.2) is 60.1 Å². The molecule has 1 N–H and O–H groups in total. The fourth-order valence-electron chi connectivity index (χ4n) is 1.46. The number of likely N-dealkylation sites (N-methyl/N-ethyl adjacent to an activating group) is 2. The van der Waals surface area contributed by atoms with Crippen LogP contribution in [0.1, 0.15) is 27.2 Å². The number of rotatable bonds is 7. The molecule has 1 unspecified atom stereocenters. The number of carbonyl (C=O) groups excluding carboxylic acids is 1. The molecule has 0 rings (SSSR count). The van der Waals surface area contributed by atoms with Gasteiger partial charge >= 0.3 is 0 Å². The molecule has 0 aliphatic carbocycles. The normalized spacial score (nSPS) is 12.9. The summed E-state index contributed by atoms with van der Waals surface area (Å²) in [4.78, 5) is 15.4. The number of aliphatic hydroxyl groups is 1. The van der Waals surface area contributed by atoms with Crippen LogP contribution in [0.2, 0.25) is 0 Å². The van der Waals surface area contributed by atoms with Crippen LogP contribution >= 0.6 is 0 Å². The van der Waals surface area contributed by atoms with Crippen molar-refractivity contribution in [3.8, 4) is 0 Å². The maximum absolute atomic E-state index is 11.7. The summed E-state index contributed by atoms with van der Waals surface area (Å²) >= 11 is 0. The van der Waals surface area contributed by atoms with E-state index in [-0.39, 0.29) is 12.0 Å². The Balaban J connectivity index is 3.94. The van der Waals surface area contributed by atoms with Gasteiger partial charge in [0.05, 0.1) is 12.6 Å². The van der Waals surface area contributed by atoms with Crippen LogP contribution in [0.15, 0.2) is 0 Å².